The molecule has 0 unspecified atom stereocenters. The fourth-order valence-electron chi connectivity index (χ4n) is 2.75. The molecule has 4 heteroatoms. The zero-order valence-corrected chi connectivity index (χ0v) is 13.6. The van der Waals surface area contributed by atoms with Gasteiger partial charge in [0.2, 0.25) is 11.8 Å². The second-order valence-corrected chi connectivity index (χ2v) is 5.92. The van der Waals surface area contributed by atoms with Crippen LogP contribution in [-0.4, -0.2) is 24.4 Å². The average Bonchev–Trinajstić information content (AvgIpc) is 2.95. The number of benzene rings is 2. The van der Waals surface area contributed by atoms with Crippen molar-refractivity contribution >= 4 is 23.6 Å². The number of anilines is 1. The molecule has 2 aromatic rings. The van der Waals surface area contributed by atoms with Crippen LogP contribution in [0.1, 0.15) is 17.5 Å². The lowest BCUT2D eigenvalue weighted by Crippen LogP contribution is -2.40. The van der Waals surface area contributed by atoms with E-state index in [2.05, 4.69) is 5.32 Å². The Morgan fingerprint density at radius 2 is 1.83 bits per heavy atom. The maximum absolute atomic E-state index is 12.5. The van der Waals surface area contributed by atoms with Crippen LogP contribution in [-0.2, 0) is 9.59 Å². The first-order valence-corrected chi connectivity index (χ1v) is 8.05. The Balaban J connectivity index is 1.60. The number of nitrogens with one attached hydrogen (secondary N) is 1. The molecule has 1 aliphatic heterocycles. The van der Waals surface area contributed by atoms with Gasteiger partial charge in [-0.05, 0) is 37.1 Å². The summed E-state index contributed by atoms with van der Waals surface area (Å²) in [5.41, 5.74) is 2.98. The summed E-state index contributed by atoms with van der Waals surface area (Å²) in [5.74, 6) is -0.303. The average molecular weight is 320 g/mol. The summed E-state index contributed by atoms with van der Waals surface area (Å²) < 4.78 is 0. The normalized spacial score (nSPS) is 17.5. The highest BCUT2D eigenvalue weighted by Crippen LogP contribution is 2.22. The molecule has 0 aromatic heterocycles. The van der Waals surface area contributed by atoms with E-state index in [1.165, 1.54) is 6.08 Å². The van der Waals surface area contributed by atoms with Crippen molar-refractivity contribution in [3.8, 4) is 0 Å². The summed E-state index contributed by atoms with van der Waals surface area (Å²) >= 11 is 0. The van der Waals surface area contributed by atoms with Gasteiger partial charge in [-0.3, -0.25) is 9.59 Å². The first-order valence-electron chi connectivity index (χ1n) is 8.05. The van der Waals surface area contributed by atoms with Crippen molar-refractivity contribution in [2.45, 2.75) is 19.4 Å². The summed E-state index contributed by atoms with van der Waals surface area (Å²) in [4.78, 5) is 26.3. The molecular formula is C20H20N2O2. The minimum Gasteiger partial charge on any atom is -0.341 e. The van der Waals surface area contributed by atoms with Gasteiger partial charge >= 0.3 is 0 Å². The number of carbonyl (C=O) groups excluding carboxylic acids is 2. The van der Waals surface area contributed by atoms with Gasteiger partial charge in [-0.2, -0.15) is 0 Å². The summed E-state index contributed by atoms with van der Waals surface area (Å²) in [7, 11) is 0. The van der Waals surface area contributed by atoms with Crippen molar-refractivity contribution < 1.29 is 9.59 Å². The zero-order valence-electron chi connectivity index (χ0n) is 13.6. The molecule has 0 saturated carbocycles. The third-order valence-corrected chi connectivity index (χ3v) is 4.09. The van der Waals surface area contributed by atoms with Gasteiger partial charge in [0.05, 0.1) is 0 Å². The molecule has 1 heterocycles. The molecule has 0 aliphatic carbocycles. The fourth-order valence-corrected chi connectivity index (χ4v) is 2.75. The molecule has 0 spiro atoms. The lowest BCUT2D eigenvalue weighted by atomic mass is 10.2. The van der Waals surface area contributed by atoms with Crippen LogP contribution >= 0.6 is 0 Å². The van der Waals surface area contributed by atoms with E-state index >= 15 is 0 Å². The molecule has 1 saturated heterocycles. The van der Waals surface area contributed by atoms with Crippen molar-refractivity contribution in [1.82, 2.24) is 5.32 Å². The molecule has 1 N–H and O–H groups in total. The number of hydrogen-bond donors (Lipinski definition) is 1. The molecule has 1 aliphatic rings. The molecule has 0 bridgehead atoms. The van der Waals surface area contributed by atoms with E-state index < -0.39 is 6.04 Å². The van der Waals surface area contributed by atoms with Gasteiger partial charge in [0.25, 0.3) is 0 Å². The van der Waals surface area contributed by atoms with Crippen molar-refractivity contribution in [1.29, 1.82) is 0 Å². The van der Waals surface area contributed by atoms with Gasteiger partial charge in [0.15, 0.2) is 0 Å². The number of aryl methyl sites for hydroxylation is 1. The Morgan fingerprint density at radius 3 is 2.54 bits per heavy atom. The Labute approximate surface area is 141 Å². The van der Waals surface area contributed by atoms with E-state index in [0.717, 1.165) is 16.8 Å². The smallest absolute Gasteiger partial charge is 0.249 e. The predicted octanol–water partition coefficient (Wildman–Crippen LogP) is 2.93. The lowest BCUT2D eigenvalue weighted by molar-refractivity contribution is -0.123. The topological polar surface area (TPSA) is 49.4 Å². The Hall–Kier alpha value is -2.88. The van der Waals surface area contributed by atoms with Crippen LogP contribution in [0.5, 0.6) is 0 Å². The van der Waals surface area contributed by atoms with Crippen molar-refractivity contribution in [3.63, 3.8) is 0 Å². The third-order valence-electron chi connectivity index (χ3n) is 4.09. The van der Waals surface area contributed by atoms with E-state index in [9.17, 15) is 9.59 Å². The summed E-state index contributed by atoms with van der Waals surface area (Å²) in [6, 6.07) is 17.0. The molecule has 2 amide bonds. The summed E-state index contributed by atoms with van der Waals surface area (Å²) in [5, 5.41) is 2.79. The number of hydrogen-bond acceptors (Lipinski definition) is 2. The second-order valence-electron chi connectivity index (χ2n) is 5.92. The second kappa shape index (κ2) is 7.13. The van der Waals surface area contributed by atoms with Gasteiger partial charge in [-0.25, -0.2) is 0 Å². The molecule has 2 aromatic carbocycles. The van der Waals surface area contributed by atoms with Crippen LogP contribution in [0.2, 0.25) is 0 Å². The lowest BCUT2D eigenvalue weighted by Gasteiger charge is -2.17. The van der Waals surface area contributed by atoms with Crippen molar-refractivity contribution in [2.75, 3.05) is 11.4 Å². The number of rotatable bonds is 4. The molecule has 122 valence electrons. The SMILES string of the molecule is Cc1ccc(N2CC[C@H](NC(=O)/C=C/c3ccccc3)C2=O)cc1. The fraction of sp³-hybridized carbons (Fsp3) is 0.200. The van der Waals surface area contributed by atoms with Gasteiger partial charge in [0, 0.05) is 18.3 Å². The van der Waals surface area contributed by atoms with Crippen LogP contribution in [0.3, 0.4) is 0 Å². The minimum absolute atomic E-state index is 0.0553. The quantitative estimate of drug-likeness (QED) is 0.881. The monoisotopic (exact) mass is 320 g/mol. The Bertz CT molecular complexity index is 751. The minimum atomic E-state index is -0.459. The van der Waals surface area contributed by atoms with Gasteiger partial charge in [-0.15, -0.1) is 0 Å². The standard InChI is InChI=1S/C20H20N2O2/c1-15-7-10-17(11-8-15)22-14-13-18(20(22)24)21-19(23)12-9-16-5-3-2-4-6-16/h2-12,18H,13-14H2,1H3,(H,21,23)/b12-9+/t18-/m0/s1. The third kappa shape index (κ3) is 3.71. The highest BCUT2D eigenvalue weighted by atomic mass is 16.2. The molecule has 3 rings (SSSR count). The van der Waals surface area contributed by atoms with Crippen LogP contribution in [0.4, 0.5) is 5.69 Å². The molecule has 4 nitrogen and oxygen atoms in total. The largest absolute Gasteiger partial charge is 0.341 e. The van der Waals surface area contributed by atoms with E-state index in [1.807, 2.05) is 61.5 Å². The van der Waals surface area contributed by atoms with E-state index in [0.29, 0.717) is 13.0 Å². The number of amides is 2. The molecular weight excluding hydrogens is 300 g/mol. The van der Waals surface area contributed by atoms with Crippen LogP contribution in [0, 0.1) is 6.92 Å². The maximum Gasteiger partial charge on any atom is 0.249 e. The van der Waals surface area contributed by atoms with Crippen molar-refractivity contribution in [3.05, 3.63) is 71.8 Å². The first kappa shape index (κ1) is 16.0. The van der Waals surface area contributed by atoms with Crippen molar-refractivity contribution in [2.24, 2.45) is 0 Å². The van der Waals surface area contributed by atoms with Gasteiger partial charge in [-0.1, -0.05) is 48.0 Å². The molecule has 1 atom stereocenters. The number of carbonyl (C=O) groups is 2. The highest BCUT2D eigenvalue weighted by molar-refractivity contribution is 6.03. The van der Waals surface area contributed by atoms with Crippen LogP contribution < -0.4 is 10.2 Å². The van der Waals surface area contributed by atoms with Gasteiger partial charge < -0.3 is 10.2 Å². The van der Waals surface area contributed by atoms with E-state index in [4.69, 9.17) is 0 Å². The van der Waals surface area contributed by atoms with Gasteiger partial charge in [0.1, 0.15) is 6.04 Å². The highest BCUT2D eigenvalue weighted by Gasteiger charge is 2.33. The predicted molar refractivity (Wildman–Crippen MR) is 95.6 cm³/mol. The first-order chi connectivity index (χ1) is 11.6. The van der Waals surface area contributed by atoms with E-state index in [-0.39, 0.29) is 11.8 Å². The van der Waals surface area contributed by atoms with Crippen LogP contribution in [0.15, 0.2) is 60.7 Å². The molecule has 1 fully saturated rings. The Morgan fingerprint density at radius 1 is 1.12 bits per heavy atom. The zero-order chi connectivity index (χ0) is 16.9. The Kier molecular flexibility index (Phi) is 4.75. The van der Waals surface area contributed by atoms with Crippen LogP contribution in [0.25, 0.3) is 6.08 Å². The summed E-state index contributed by atoms with van der Waals surface area (Å²) in [6.45, 7) is 2.63. The maximum atomic E-state index is 12.5. The molecule has 0 radical (unpaired) electrons. The molecule has 24 heavy (non-hydrogen) atoms. The number of nitrogens with zero attached hydrogens (tertiary/aromatic N) is 1. The summed E-state index contributed by atoms with van der Waals surface area (Å²) in [6.07, 6.45) is 3.83. The van der Waals surface area contributed by atoms with E-state index in [1.54, 1.807) is 11.0 Å².